The van der Waals surface area contributed by atoms with E-state index in [1.165, 1.54) is 6.92 Å². The first-order valence-corrected chi connectivity index (χ1v) is 5.32. The van der Waals surface area contributed by atoms with Crippen molar-refractivity contribution in [2.24, 2.45) is 0 Å². The van der Waals surface area contributed by atoms with Crippen molar-refractivity contribution >= 4 is 22.5 Å². The molecule has 17 heavy (non-hydrogen) atoms. The van der Waals surface area contributed by atoms with E-state index in [4.69, 9.17) is 5.11 Å². The second-order valence-electron chi connectivity index (χ2n) is 4.05. The lowest BCUT2D eigenvalue weighted by molar-refractivity contribution is -0.116. The van der Waals surface area contributed by atoms with Crippen LogP contribution in [0, 0.1) is 0 Å². The number of benzene rings is 2. The summed E-state index contributed by atoms with van der Waals surface area (Å²) in [6.07, 6.45) is 0.337. The summed E-state index contributed by atoms with van der Waals surface area (Å²) >= 11 is 0. The van der Waals surface area contributed by atoms with E-state index in [9.17, 15) is 9.59 Å². The molecule has 0 amide bonds. The Morgan fingerprint density at radius 1 is 1.18 bits per heavy atom. The second kappa shape index (κ2) is 4.37. The molecule has 1 N–H and O–H groups in total. The monoisotopic (exact) mass is 228 g/mol. The van der Waals surface area contributed by atoms with Crippen molar-refractivity contribution < 1.29 is 14.7 Å². The normalized spacial score (nSPS) is 10.4. The summed E-state index contributed by atoms with van der Waals surface area (Å²) in [5, 5.41) is 10.6. The number of Topliss-reactive ketones (excluding diaryl/α,β-unsaturated/α-hetero) is 1. The lowest BCUT2D eigenvalue weighted by atomic mass is 10.00. The van der Waals surface area contributed by atoms with Crippen LogP contribution < -0.4 is 0 Å². The van der Waals surface area contributed by atoms with E-state index >= 15 is 0 Å². The number of fused-ring (bicyclic) bond motifs is 1. The number of carbonyl (C=O) groups is 2. The number of hydrogen-bond acceptors (Lipinski definition) is 2. The Morgan fingerprint density at radius 3 is 2.59 bits per heavy atom. The maximum Gasteiger partial charge on any atom is 0.336 e. The van der Waals surface area contributed by atoms with E-state index in [2.05, 4.69) is 0 Å². The molecule has 0 fully saturated rings. The van der Waals surface area contributed by atoms with Gasteiger partial charge in [0.05, 0.1) is 5.56 Å². The van der Waals surface area contributed by atoms with Crippen molar-refractivity contribution in [2.75, 3.05) is 0 Å². The van der Waals surface area contributed by atoms with Crippen LogP contribution in [0.3, 0.4) is 0 Å². The molecule has 0 heterocycles. The molecular formula is C14H12O3. The van der Waals surface area contributed by atoms with Crippen molar-refractivity contribution in [3.05, 3.63) is 47.5 Å². The zero-order valence-electron chi connectivity index (χ0n) is 9.43. The summed E-state index contributed by atoms with van der Waals surface area (Å²) in [7, 11) is 0. The SMILES string of the molecule is CC(=O)Cc1ccc2cccc(C(=O)O)c2c1. The summed E-state index contributed by atoms with van der Waals surface area (Å²) < 4.78 is 0. The largest absolute Gasteiger partial charge is 0.478 e. The first-order valence-electron chi connectivity index (χ1n) is 5.32. The molecule has 0 aromatic heterocycles. The molecule has 0 unspecified atom stereocenters. The third-order valence-corrected chi connectivity index (χ3v) is 2.63. The molecule has 0 bridgehead atoms. The van der Waals surface area contributed by atoms with Gasteiger partial charge in [0.15, 0.2) is 0 Å². The number of ketones is 1. The number of carboxylic acids is 1. The fraction of sp³-hybridized carbons (Fsp3) is 0.143. The summed E-state index contributed by atoms with van der Waals surface area (Å²) in [5.41, 5.74) is 1.12. The lowest BCUT2D eigenvalue weighted by Gasteiger charge is -2.05. The van der Waals surface area contributed by atoms with Gasteiger partial charge in [-0.3, -0.25) is 4.79 Å². The first-order chi connectivity index (χ1) is 8.08. The highest BCUT2D eigenvalue weighted by Crippen LogP contribution is 2.21. The van der Waals surface area contributed by atoms with Gasteiger partial charge < -0.3 is 5.11 Å². The van der Waals surface area contributed by atoms with Gasteiger partial charge in [-0.15, -0.1) is 0 Å². The molecule has 0 spiro atoms. The van der Waals surface area contributed by atoms with Gasteiger partial charge in [0.25, 0.3) is 0 Å². The fourth-order valence-electron chi connectivity index (χ4n) is 1.90. The Morgan fingerprint density at radius 2 is 1.94 bits per heavy atom. The highest BCUT2D eigenvalue weighted by molar-refractivity contribution is 6.04. The average Bonchev–Trinajstić information content (AvgIpc) is 2.27. The fourth-order valence-corrected chi connectivity index (χ4v) is 1.90. The van der Waals surface area contributed by atoms with Crippen molar-refractivity contribution in [1.29, 1.82) is 0 Å². The molecule has 2 aromatic carbocycles. The van der Waals surface area contributed by atoms with Crippen LogP contribution in [0.1, 0.15) is 22.8 Å². The Bertz CT molecular complexity index is 599. The molecule has 0 atom stereocenters. The smallest absolute Gasteiger partial charge is 0.336 e. The molecular weight excluding hydrogens is 216 g/mol. The van der Waals surface area contributed by atoms with Crippen LogP contribution >= 0.6 is 0 Å². The minimum Gasteiger partial charge on any atom is -0.478 e. The van der Waals surface area contributed by atoms with E-state index in [1.54, 1.807) is 18.2 Å². The van der Waals surface area contributed by atoms with Crippen molar-refractivity contribution in [2.45, 2.75) is 13.3 Å². The van der Waals surface area contributed by atoms with Gasteiger partial charge in [0.2, 0.25) is 0 Å². The standard InChI is InChI=1S/C14H12O3/c1-9(15)7-10-5-6-11-3-2-4-12(14(16)17)13(11)8-10/h2-6,8H,7H2,1H3,(H,16,17). The van der Waals surface area contributed by atoms with E-state index in [1.807, 2.05) is 18.2 Å². The Hall–Kier alpha value is -2.16. The van der Waals surface area contributed by atoms with E-state index in [0.29, 0.717) is 11.8 Å². The average molecular weight is 228 g/mol. The van der Waals surface area contributed by atoms with Gasteiger partial charge in [-0.25, -0.2) is 4.79 Å². The molecule has 0 saturated carbocycles. The molecule has 3 heteroatoms. The van der Waals surface area contributed by atoms with Crippen LogP contribution in [0.15, 0.2) is 36.4 Å². The Labute approximate surface area is 98.7 Å². The highest BCUT2D eigenvalue weighted by Gasteiger charge is 2.08. The lowest BCUT2D eigenvalue weighted by Crippen LogP contribution is -1.99. The van der Waals surface area contributed by atoms with Crippen LogP contribution in [0.2, 0.25) is 0 Å². The van der Waals surface area contributed by atoms with Gasteiger partial charge >= 0.3 is 5.97 Å². The number of rotatable bonds is 3. The van der Waals surface area contributed by atoms with Crippen LogP contribution in [-0.2, 0) is 11.2 Å². The van der Waals surface area contributed by atoms with Crippen LogP contribution in [0.25, 0.3) is 10.8 Å². The molecule has 2 rings (SSSR count). The predicted octanol–water partition coefficient (Wildman–Crippen LogP) is 2.67. The number of carbonyl (C=O) groups excluding carboxylic acids is 1. The first kappa shape index (κ1) is 11.3. The van der Waals surface area contributed by atoms with Crippen molar-refractivity contribution in [3.8, 4) is 0 Å². The summed E-state index contributed by atoms with van der Waals surface area (Å²) in [6.45, 7) is 1.52. The maximum absolute atomic E-state index is 11.1. The molecule has 0 aliphatic carbocycles. The quantitative estimate of drug-likeness (QED) is 0.878. The zero-order chi connectivity index (χ0) is 12.4. The minimum absolute atomic E-state index is 0.0668. The third-order valence-electron chi connectivity index (χ3n) is 2.63. The van der Waals surface area contributed by atoms with Gasteiger partial charge in [0, 0.05) is 6.42 Å². The molecule has 86 valence electrons. The van der Waals surface area contributed by atoms with E-state index in [0.717, 1.165) is 10.9 Å². The molecule has 0 aliphatic rings. The summed E-state index contributed by atoms with van der Waals surface area (Å²) in [6, 6.07) is 10.6. The molecule has 0 radical (unpaired) electrons. The summed E-state index contributed by atoms with van der Waals surface area (Å²) in [5.74, 6) is -0.882. The second-order valence-corrected chi connectivity index (χ2v) is 4.05. The van der Waals surface area contributed by atoms with Crippen LogP contribution in [-0.4, -0.2) is 16.9 Å². The molecule has 0 saturated heterocycles. The minimum atomic E-state index is -0.949. The number of aromatic carboxylic acids is 1. The highest BCUT2D eigenvalue weighted by atomic mass is 16.4. The Kier molecular flexibility index (Phi) is 2.91. The number of carboxylic acid groups (broad SMARTS) is 1. The topological polar surface area (TPSA) is 54.4 Å². The van der Waals surface area contributed by atoms with E-state index < -0.39 is 5.97 Å². The Balaban J connectivity index is 2.61. The van der Waals surface area contributed by atoms with Crippen LogP contribution in [0.4, 0.5) is 0 Å². The maximum atomic E-state index is 11.1. The van der Waals surface area contributed by atoms with Crippen LogP contribution in [0.5, 0.6) is 0 Å². The van der Waals surface area contributed by atoms with Gasteiger partial charge in [-0.2, -0.15) is 0 Å². The van der Waals surface area contributed by atoms with Crippen molar-refractivity contribution in [3.63, 3.8) is 0 Å². The van der Waals surface area contributed by atoms with Gasteiger partial charge in [-0.1, -0.05) is 24.3 Å². The van der Waals surface area contributed by atoms with Gasteiger partial charge in [0.1, 0.15) is 5.78 Å². The summed E-state index contributed by atoms with van der Waals surface area (Å²) in [4.78, 5) is 22.1. The molecule has 2 aromatic rings. The third kappa shape index (κ3) is 2.33. The van der Waals surface area contributed by atoms with Gasteiger partial charge in [-0.05, 0) is 35.4 Å². The number of hydrogen-bond donors (Lipinski definition) is 1. The van der Waals surface area contributed by atoms with Crippen molar-refractivity contribution in [1.82, 2.24) is 0 Å². The molecule has 3 nitrogen and oxygen atoms in total. The van der Waals surface area contributed by atoms with E-state index in [-0.39, 0.29) is 11.3 Å². The zero-order valence-corrected chi connectivity index (χ0v) is 9.43. The predicted molar refractivity (Wildman–Crippen MR) is 65.3 cm³/mol. The molecule has 0 aliphatic heterocycles.